The van der Waals surface area contributed by atoms with Crippen molar-refractivity contribution in [3.63, 3.8) is 0 Å². The standard InChI is InChI=1S/C13H16FNO5S/c1-15(8-9-3-2-6-20-9)21(18,19)10-4-5-12(14)11(7-10)13(16)17/h4-5,7,9H,2-3,6,8H2,1H3,(H,16,17). The van der Waals surface area contributed by atoms with Gasteiger partial charge in [0.15, 0.2) is 0 Å². The van der Waals surface area contributed by atoms with Crippen molar-refractivity contribution in [2.75, 3.05) is 20.2 Å². The molecule has 1 atom stereocenters. The fourth-order valence-electron chi connectivity index (χ4n) is 2.18. The van der Waals surface area contributed by atoms with Gasteiger partial charge in [-0.3, -0.25) is 0 Å². The minimum absolute atomic E-state index is 0.163. The van der Waals surface area contributed by atoms with Gasteiger partial charge in [-0.15, -0.1) is 0 Å². The summed E-state index contributed by atoms with van der Waals surface area (Å²) in [5.74, 6) is -2.48. The second kappa shape index (κ2) is 6.08. The van der Waals surface area contributed by atoms with Gasteiger partial charge in [-0.25, -0.2) is 17.6 Å². The van der Waals surface area contributed by atoms with Crippen LogP contribution in [0, 0.1) is 5.82 Å². The van der Waals surface area contributed by atoms with Gasteiger partial charge < -0.3 is 9.84 Å². The number of sulfonamides is 1. The van der Waals surface area contributed by atoms with Crippen molar-refractivity contribution >= 4 is 16.0 Å². The van der Waals surface area contributed by atoms with Gasteiger partial charge in [0.1, 0.15) is 5.82 Å². The van der Waals surface area contributed by atoms with Gasteiger partial charge in [-0.2, -0.15) is 4.31 Å². The van der Waals surface area contributed by atoms with Crippen LogP contribution in [0.25, 0.3) is 0 Å². The molecular formula is C13H16FNO5S. The van der Waals surface area contributed by atoms with Crippen LogP contribution in [0.2, 0.25) is 0 Å². The Hall–Kier alpha value is -1.51. The van der Waals surface area contributed by atoms with Crippen molar-refractivity contribution in [3.05, 3.63) is 29.6 Å². The Bertz CT molecular complexity index is 640. The zero-order chi connectivity index (χ0) is 15.6. The summed E-state index contributed by atoms with van der Waals surface area (Å²) < 4.78 is 44.5. The fourth-order valence-corrected chi connectivity index (χ4v) is 3.41. The molecule has 2 rings (SSSR count). The van der Waals surface area contributed by atoms with E-state index in [0.717, 1.165) is 35.3 Å². The number of hydrogen-bond donors (Lipinski definition) is 1. The zero-order valence-electron chi connectivity index (χ0n) is 11.5. The van der Waals surface area contributed by atoms with E-state index in [9.17, 15) is 17.6 Å². The number of halogens is 1. The minimum Gasteiger partial charge on any atom is -0.478 e. The van der Waals surface area contributed by atoms with E-state index in [2.05, 4.69) is 0 Å². The van der Waals surface area contributed by atoms with Gasteiger partial charge in [0.25, 0.3) is 0 Å². The Labute approximate surface area is 122 Å². The highest BCUT2D eigenvalue weighted by Crippen LogP contribution is 2.21. The first-order valence-corrected chi connectivity index (χ1v) is 7.87. The lowest BCUT2D eigenvalue weighted by Gasteiger charge is -2.20. The maximum Gasteiger partial charge on any atom is 0.338 e. The average Bonchev–Trinajstić information content (AvgIpc) is 2.91. The Kier molecular flexibility index (Phi) is 4.60. The molecule has 1 aromatic rings. The van der Waals surface area contributed by atoms with Gasteiger partial charge in [-0.05, 0) is 31.0 Å². The number of carbonyl (C=O) groups is 1. The van der Waals surface area contributed by atoms with Crippen molar-refractivity contribution in [2.24, 2.45) is 0 Å². The Morgan fingerprint density at radius 3 is 2.81 bits per heavy atom. The molecule has 116 valence electrons. The molecule has 1 heterocycles. The molecule has 8 heteroatoms. The van der Waals surface area contributed by atoms with Crippen molar-refractivity contribution in [2.45, 2.75) is 23.8 Å². The molecule has 1 N–H and O–H groups in total. The molecule has 0 radical (unpaired) electrons. The summed E-state index contributed by atoms with van der Waals surface area (Å²) in [4.78, 5) is 10.6. The van der Waals surface area contributed by atoms with Crippen LogP contribution >= 0.6 is 0 Å². The number of rotatable bonds is 5. The summed E-state index contributed by atoms with van der Waals surface area (Å²) in [5, 5.41) is 8.86. The smallest absolute Gasteiger partial charge is 0.338 e. The largest absolute Gasteiger partial charge is 0.478 e. The van der Waals surface area contributed by atoms with E-state index in [0.29, 0.717) is 6.61 Å². The first kappa shape index (κ1) is 15.9. The quantitative estimate of drug-likeness (QED) is 0.885. The normalized spacial score (nSPS) is 19.1. The van der Waals surface area contributed by atoms with Crippen LogP contribution < -0.4 is 0 Å². The molecule has 1 saturated heterocycles. The van der Waals surface area contributed by atoms with Crippen molar-refractivity contribution in [1.29, 1.82) is 0 Å². The number of benzene rings is 1. The van der Waals surface area contributed by atoms with Crippen molar-refractivity contribution in [3.8, 4) is 0 Å². The van der Waals surface area contributed by atoms with Gasteiger partial charge in [0.2, 0.25) is 10.0 Å². The summed E-state index contributed by atoms with van der Waals surface area (Å²) in [5.41, 5.74) is -0.665. The summed E-state index contributed by atoms with van der Waals surface area (Å²) in [6, 6.07) is 2.73. The highest BCUT2D eigenvalue weighted by molar-refractivity contribution is 7.89. The van der Waals surface area contributed by atoms with Crippen LogP contribution in [0.4, 0.5) is 4.39 Å². The topological polar surface area (TPSA) is 83.9 Å². The molecule has 0 saturated carbocycles. The second-order valence-corrected chi connectivity index (χ2v) is 6.91. The first-order valence-electron chi connectivity index (χ1n) is 6.43. The molecule has 1 aliphatic heterocycles. The number of carboxylic acids is 1. The van der Waals surface area contributed by atoms with Gasteiger partial charge in [-0.1, -0.05) is 0 Å². The average molecular weight is 317 g/mol. The number of carboxylic acid groups (broad SMARTS) is 1. The molecule has 1 aromatic carbocycles. The Morgan fingerprint density at radius 2 is 2.24 bits per heavy atom. The molecule has 0 bridgehead atoms. The lowest BCUT2D eigenvalue weighted by atomic mass is 10.2. The molecule has 0 aliphatic carbocycles. The summed E-state index contributed by atoms with van der Waals surface area (Å²) in [7, 11) is -2.49. The predicted molar refractivity (Wildman–Crippen MR) is 72.1 cm³/mol. The van der Waals surface area contributed by atoms with Crippen LogP contribution in [-0.4, -0.2) is 50.1 Å². The van der Waals surface area contributed by atoms with E-state index < -0.39 is 27.4 Å². The number of hydrogen-bond acceptors (Lipinski definition) is 4. The van der Waals surface area contributed by atoms with E-state index in [1.807, 2.05) is 0 Å². The zero-order valence-corrected chi connectivity index (χ0v) is 12.3. The van der Waals surface area contributed by atoms with Gasteiger partial charge in [0, 0.05) is 20.2 Å². The summed E-state index contributed by atoms with van der Waals surface area (Å²) in [6.45, 7) is 0.792. The number of ether oxygens (including phenoxy) is 1. The molecular weight excluding hydrogens is 301 g/mol. The predicted octanol–water partition coefficient (Wildman–Crippen LogP) is 1.32. The Balaban J connectivity index is 2.26. The number of likely N-dealkylation sites (N-methyl/N-ethyl adjacent to an activating group) is 1. The maximum atomic E-state index is 13.3. The third kappa shape index (κ3) is 3.39. The van der Waals surface area contributed by atoms with Gasteiger partial charge in [0.05, 0.1) is 16.6 Å². The van der Waals surface area contributed by atoms with Gasteiger partial charge >= 0.3 is 5.97 Å². The van der Waals surface area contributed by atoms with Crippen LogP contribution in [0.1, 0.15) is 23.2 Å². The third-order valence-electron chi connectivity index (χ3n) is 3.36. The van der Waals surface area contributed by atoms with Crippen LogP contribution in [0.15, 0.2) is 23.1 Å². The molecule has 1 aliphatic rings. The number of aromatic carboxylic acids is 1. The molecule has 1 fully saturated rings. The molecule has 6 nitrogen and oxygen atoms in total. The fraction of sp³-hybridized carbons (Fsp3) is 0.462. The third-order valence-corrected chi connectivity index (χ3v) is 5.18. The highest BCUT2D eigenvalue weighted by atomic mass is 32.2. The van der Waals surface area contributed by atoms with Crippen LogP contribution in [0.5, 0.6) is 0 Å². The van der Waals surface area contributed by atoms with E-state index in [1.165, 1.54) is 7.05 Å². The van der Waals surface area contributed by atoms with Crippen LogP contribution in [0.3, 0.4) is 0 Å². The van der Waals surface area contributed by atoms with E-state index in [4.69, 9.17) is 9.84 Å². The maximum absolute atomic E-state index is 13.3. The SMILES string of the molecule is CN(CC1CCCO1)S(=O)(=O)c1ccc(F)c(C(=O)O)c1. The molecule has 0 aromatic heterocycles. The summed E-state index contributed by atoms with van der Waals surface area (Å²) in [6.07, 6.45) is 1.51. The van der Waals surface area contributed by atoms with Crippen molar-refractivity contribution in [1.82, 2.24) is 4.31 Å². The number of nitrogens with zero attached hydrogens (tertiary/aromatic N) is 1. The molecule has 1 unspecified atom stereocenters. The minimum atomic E-state index is -3.88. The lowest BCUT2D eigenvalue weighted by Crippen LogP contribution is -2.34. The van der Waals surface area contributed by atoms with E-state index in [1.54, 1.807) is 0 Å². The van der Waals surface area contributed by atoms with Crippen molar-refractivity contribution < 1.29 is 27.4 Å². The Morgan fingerprint density at radius 1 is 1.52 bits per heavy atom. The first-order chi connectivity index (χ1) is 9.82. The van der Waals surface area contributed by atoms with E-state index >= 15 is 0 Å². The molecule has 0 amide bonds. The second-order valence-electron chi connectivity index (χ2n) is 4.87. The molecule has 21 heavy (non-hydrogen) atoms. The molecule has 0 spiro atoms. The monoisotopic (exact) mass is 317 g/mol. The highest BCUT2D eigenvalue weighted by Gasteiger charge is 2.27. The van der Waals surface area contributed by atoms with Crippen LogP contribution in [-0.2, 0) is 14.8 Å². The van der Waals surface area contributed by atoms with E-state index in [-0.39, 0.29) is 17.5 Å². The summed E-state index contributed by atoms with van der Waals surface area (Å²) >= 11 is 0. The lowest BCUT2D eigenvalue weighted by molar-refractivity contribution is 0.0691.